The van der Waals surface area contributed by atoms with Crippen LogP contribution in [0.25, 0.3) is 0 Å². The van der Waals surface area contributed by atoms with Gasteiger partial charge in [0.15, 0.2) is 0 Å². The normalized spacial score (nSPS) is 24.1. The molecule has 2 aliphatic heterocycles. The van der Waals surface area contributed by atoms with Gasteiger partial charge in [0, 0.05) is 24.9 Å². The fourth-order valence-corrected chi connectivity index (χ4v) is 6.55. The zero-order valence-corrected chi connectivity index (χ0v) is 16.8. The molecule has 4 nitrogen and oxygen atoms in total. The van der Waals surface area contributed by atoms with Gasteiger partial charge in [-0.05, 0) is 62.2 Å². The van der Waals surface area contributed by atoms with Crippen molar-refractivity contribution >= 4 is 21.8 Å². The van der Waals surface area contributed by atoms with E-state index in [1.807, 2.05) is 23.9 Å². The highest BCUT2D eigenvalue weighted by Gasteiger charge is 2.33. The Bertz CT molecular complexity index is 640. The monoisotopic (exact) mass is 382 g/mol. The van der Waals surface area contributed by atoms with E-state index in [1.165, 1.54) is 24.8 Å². The van der Waals surface area contributed by atoms with Gasteiger partial charge in [-0.1, -0.05) is 25.5 Å². The van der Waals surface area contributed by atoms with Crippen molar-refractivity contribution in [2.75, 3.05) is 37.7 Å². The summed E-state index contributed by atoms with van der Waals surface area (Å²) < 4.78 is 28.4. The molecule has 2 fully saturated rings. The van der Waals surface area contributed by atoms with Crippen LogP contribution in [0.1, 0.15) is 38.2 Å². The molecule has 0 N–H and O–H groups in total. The quantitative estimate of drug-likeness (QED) is 0.784. The van der Waals surface area contributed by atoms with Crippen molar-refractivity contribution in [3.63, 3.8) is 0 Å². The molecule has 0 amide bonds. The predicted octanol–water partition coefficient (Wildman–Crippen LogP) is 3.23. The lowest BCUT2D eigenvalue weighted by molar-refractivity contribution is 0.183. The summed E-state index contributed by atoms with van der Waals surface area (Å²) in [5.74, 6) is 1.96. The second-order valence-corrected chi connectivity index (χ2v) is 10.1. The highest BCUT2D eigenvalue weighted by Crippen LogP contribution is 2.26. The van der Waals surface area contributed by atoms with Crippen LogP contribution in [0, 0.1) is 0 Å². The molecular formula is C19H30N2O2S2. The summed E-state index contributed by atoms with van der Waals surface area (Å²) in [7, 11) is -3.42. The number of piperidine rings is 1. The molecular weight excluding hydrogens is 352 g/mol. The Balaban J connectivity index is 1.80. The molecule has 0 bridgehead atoms. The molecule has 140 valence electrons. The van der Waals surface area contributed by atoms with Crippen LogP contribution in [0.2, 0.25) is 0 Å². The van der Waals surface area contributed by atoms with Crippen molar-refractivity contribution in [2.24, 2.45) is 0 Å². The smallest absolute Gasteiger partial charge is 0.243 e. The van der Waals surface area contributed by atoms with Crippen LogP contribution in [0.15, 0.2) is 29.2 Å². The number of nitrogens with zero attached hydrogens (tertiary/aromatic N) is 2. The fraction of sp³-hybridized carbons (Fsp3) is 0.684. The summed E-state index contributed by atoms with van der Waals surface area (Å²) in [6.07, 6.45) is 5.66. The first kappa shape index (κ1) is 19.2. The van der Waals surface area contributed by atoms with E-state index < -0.39 is 10.0 Å². The minimum atomic E-state index is -3.42. The lowest BCUT2D eigenvalue weighted by Gasteiger charge is -2.35. The molecule has 1 aromatic carbocycles. The van der Waals surface area contributed by atoms with E-state index in [0.717, 1.165) is 44.0 Å². The molecule has 2 heterocycles. The molecule has 2 saturated heterocycles. The van der Waals surface area contributed by atoms with E-state index in [4.69, 9.17) is 0 Å². The zero-order valence-electron chi connectivity index (χ0n) is 15.2. The number of likely N-dealkylation sites (tertiary alicyclic amines) is 1. The van der Waals surface area contributed by atoms with Crippen molar-refractivity contribution in [2.45, 2.75) is 50.0 Å². The van der Waals surface area contributed by atoms with Gasteiger partial charge >= 0.3 is 0 Å². The number of hydrogen-bond acceptors (Lipinski definition) is 4. The maximum atomic E-state index is 13.3. The molecule has 0 saturated carbocycles. The first-order chi connectivity index (χ1) is 12.1. The SMILES string of the molecule is CCc1ccc(S(=O)(=O)N2CCCSCC2CN2CCCCC2)cc1. The molecule has 0 spiro atoms. The lowest BCUT2D eigenvalue weighted by Crippen LogP contribution is -2.49. The van der Waals surface area contributed by atoms with Crippen LogP contribution in [0.5, 0.6) is 0 Å². The van der Waals surface area contributed by atoms with Gasteiger partial charge in [0.1, 0.15) is 0 Å². The third-order valence-electron chi connectivity index (χ3n) is 5.24. The van der Waals surface area contributed by atoms with Crippen molar-refractivity contribution in [3.8, 4) is 0 Å². The van der Waals surface area contributed by atoms with Crippen LogP contribution in [-0.2, 0) is 16.4 Å². The Morgan fingerprint density at radius 3 is 2.44 bits per heavy atom. The van der Waals surface area contributed by atoms with Gasteiger partial charge in [0.05, 0.1) is 4.90 Å². The molecule has 3 rings (SSSR count). The van der Waals surface area contributed by atoms with Gasteiger partial charge in [-0.2, -0.15) is 16.1 Å². The van der Waals surface area contributed by atoms with Gasteiger partial charge in [-0.15, -0.1) is 0 Å². The predicted molar refractivity (Wildman–Crippen MR) is 106 cm³/mol. The number of rotatable bonds is 5. The van der Waals surface area contributed by atoms with E-state index in [-0.39, 0.29) is 6.04 Å². The van der Waals surface area contributed by atoms with Crippen molar-refractivity contribution < 1.29 is 8.42 Å². The van der Waals surface area contributed by atoms with Crippen LogP contribution < -0.4 is 0 Å². The molecule has 6 heteroatoms. The summed E-state index contributed by atoms with van der Waals surface area (Å²) in [6, 6.07) is 7.54. The van der Waals surface area contributed by atoms with Crippen molar-refractivity contribution in [1.29, 1.82) is 0 Å². The molecule has 1 unspecified atom stereocenters. The number of sulfonamides is 1. The molecule has 0 aliphatic carbocycles. The summed E-state index contributed by atoms with van der Waals surface area (Å²) >= 11 is 1.90. The van der Waals surface area contributed by atoms with Crippen molar-refractivity contribution in [3.05, 3.63) is 29.8 Å². The maximum Gasteiger partial charge on any atom is 0.243 e. The number of aryl methyl sites for hydroxylation is 1. The van der Waals surface area contributed by atoms with E-state index in [0.29, 0.717) is 11.4 Å². The van der Waals surface area contributed by atoms with Crippen LogP contribution >= 0.6 is 11.8 Å². The second-order valence-electron chi connectivity index (χ2n) is 7.06. The Kier molecular flexibility index (Phi) is 6.83. The highest BCUT2D eigenvalue weighted by molar-refractivity contribution is 7.99. The van der Waals surface area contributed by atoms with Crippen LogP contribution in [0.4, 0.5) is 0 Å². The average Bonchev–Trinajstić information content (AvgIpc) is 2.88. The topological polar surface area (TPSA) is 40.6 Å². The summed E-state index contributed by atoms with van der Waals surface area (Å²) in [4.78, 5) is 2.91. The number of thioether (sulfide) groups is 1. The summed E-state index contributed by atoms with van der Waals surface area (Å²) in [5, 5.41) is 0. The van der Waals surface area contributed by atoms with Gasteiger partial charge < -0.3 is 4.90 Å². The standard InChI is InChI=1S/C19H30N2O2S2/c1-2-17-7-9-19(10-8-17)25(22,23)21-13-6-14-24-16-18(21)15-20-11-4-3-5-12-20/h7-10,18H,2-6,11-16H2,1H3. The minimum Gasteiger partial charge on any atom is -0.302 e. The first-order valence-corrected chi connectivity index (χ1v) is 12.1. The minimum absolute atomic E-state index is 0.0847. The van der Waals surface area contributed by atoms with Gasteiger partial charge in [-0.25, -0.2) is 8.42 Å². The Morgan fingerprint density at radius 2 is 1.76 bits per heavy atom. The number of benzene rings is 1. The molecule has 1 atom stereocenters. The first-order valence-electron chi connectivity index (χ1n) is 9.52. The van der Waals surface area contributed by atoms with Gasteiger partial charge in [0.25, 0.3) is 0 Å². The fourth-order valence-electron chi connectivity index (χ4n) is 3.74. The Morgan fingerprint density at radius 1 is 1.04 bits per heavy atom. The molecule has 2 aliphatic rings. The lowest BCUT2D eigenvalue weighted by atomic mass is 10.1. The van der Waals surface area contributed by atoms with E-state index in [9.17, 15) is 8.42 Å². The van der Waals surface area contributed by atoms with E-state index >= 15 is 0 Å². The molecule has 1 aromatic rings. The van der Waals surface area contributed by atoms with Gasteiger partial charge in [0.2, 0.25) is 10.0 Å². The van der Waals surface area contributed by atoms with E-state index in [2.05, 4.69) is 11.8 Å². The average molecular weight is 383 g/mol. The molecule has 0 aromatic heterocycles. The second kappa shape index (κ2) is 8.89. The maximum absolute atomic E-state index is 13.3. The van der Waals surface area contributed by atoms with Crippen LogP contribution in [-0.4, -0.2) is 61.3 Å². The van der Waals surface area contributed by atoms with Gasteiger partial charge in [-0.3, -0.25) is 0 Å². The molecule has 0 radical (unpaired) electrons. The Hall–Kier alpha value is -0.560. The summed E-state index contributed by atoms with van der Waals surface area (Å²) in [5.41, 5.74) is 1.18. The third-order valence-corrected chi connectivity index (χ3v) is 8.40. The van der Waals surface area contributed by atoms with E-state index in [1.54, 1.807) is 16.4 Å². The number of hydrogen-bond donors (Lipinski definition) is 0. The summed E-state index contributed by atoms with van der Waals surface area (Å²) in [6.45, 7) is 5.83. The van der Waals surface area contributed by atoms with Crippen molar-refractivity contribution in [1.82, 2.24) is 9.21 Å². The third kappa shape index (κ3) is 4.79. The molecule has 25 heavy (non-hydrogen) atoms. The largest absolute Gasteiger partial charge is 0.302 e. The highest BCUT2D eigenvalue weighted by atomic mass is 32.2. The Labute approximate surface area is 157 Å². The van der Waals surface area contributed by atoms with Crippen LogP contribution in [0.3, 0.4) is 0 Å². The zero-order chi connectivity index (χ0) is 17.7.